The van der Waals surface area contributed by atoms with Crippen LogP contribution >= 0.6 is 0 Å². The molecular formula is C24H30N2O3. The summed E-state index contributed by atoms with van der Waals surface area (Å²) in [7, 11) is 0. The van der Waals surface area contributed by atoms with E-state index in [1.807, 2.05) is 24.3 Å². The van der Waals surface area contributed by atoms with Crippen LogP contribution in [0.3, 0.4) is 0 Å². The van der Waals surface area contributed by atoms with Crippen molar-refractivity contribution in [2.45, 2.75) is 44.6 Å². The van der Waals surface area contributed by atoms with Gasteiger partial charge in [-0.3, -0.25) is 4.79 Å². The number of hydrogen-bond acceptors (Lipinski definition) is 4. The average Bonchev–Trinajstić information content (AvgIpc) is 3.14. The highest BCUT2D eigenvalue weighted by Gasteiger charge is 2.16. The Balaban J connectivity index is 1.30. The third-order valence-electron chi connectivity index (χ3n) is 5.67. The first-order chi connectivity index (χ1) is 14.3. The Labute approximate surface area is 173 Å². The molecule has 0 aromatic heterocycles. The molecule has 0 unspecified atom stereocenters. The van der Waals surface area contributed by atoms with Crippen molar-refractivity contribution in [2.24, 2.45) is 0 Å². The third kappa shape index (κ3) is 5.51. The lowest BCUT2D eigenvalue weighted by molar-refractivity contribution is 0.0679. The van der Waals surface area contributed by atoms with E-state index in [0.29, 0.717) is 12.2 Å². The van der Waals surface area contributed by atoms with E-state index in [2.05, 4.69) is 22.3 Å². The highest BCUT2D eigenvalue weighted by molar-refractivity contribution is 6.04. The Kier molecular flexibility index (Phi) is 6.67. The molecule has 1 amide bonds. The predicted molar refractivity (Wildman–Crippen MR) is 116 cm³/mol. The Morgan fingerprint density at radius 2 is 1.69 bits per heavy atom. The molecule has 5 nitrogen and oxygen atoms in total. The van der Waals surface area contributed by atoms with Gasteiger partial charge in [-0.05, 0) is 74.2 Å². The average molecular weight is 395 g/mol. The monoisotopic (exact) mass is 394 g/mol. The van der Waals surface area contributed by atoms with E-state index >= 15 is 0 Å². The third-order valence-corrected chi connectivity index (χ3v) is 5.67. The minimum Gasteiger partial charge on any atom is -0.491 e. The quantitative estimate of drug-likeness (QED) is 0.759. The van der Waals surface area contributed by atoms with Crippen LogP contribution < -0.4 is 15.0 Å². The van der Waals surface area contributed by atoms with Crippen molar-refractivity contribution in [3.8, 4) is 5.75 Å². The molecular weight excluding hydrogens is 364 g/mol. The Morgan fingerprint density at radius 3 is 2.34 bits per heavy atom. The maximum atomic E-state index is 12.5. The number of amides is 1. The molecule has 4 rings (SSSR count). The zero-order chi connectivity index (χ0) is 19.9. The van der Waals surface area contributed by atoms with Crippen molar-refractivity contribution in [1.29, 1.82) is 0 Å². The number of anilines is 2. The molecule has 2 aliphatic heterocycles. The lowest BCUT2D eigenvalue weighted by Crippen LogP contribution is -2.23. The molecule has 0 radical (unpaired) electrons. The second kappa shape index (κ2) is 9.79. The van der Waals surface area contributed by atoms with Gasteiger partial charge in [-0.1, -0.05) is 12.8 Å². The van der Waals surface area contributed by atoms with Gasteiger partial charge in [0.05, 0.1) is 6.10 Å². The SMILES string of the molecule is O=C(Nc1ccc(N2CCCCCC2)cc1)c1ccc(OC[C@H]2CCCO2)cc1. The second-order valence-corrected chi connectivity index (χ2v) is 7.87. The number of benzene rings is 2. The van der Waals surface area contributed by atoms with E-state index in [9.17, 15) is 4.79 Å². The van der Waals surface area contributed by atoms with Crippen molar-refractivity contribution in [1.82, 2.24) is 0 Å². The van der Waals surface area contributed by atoms with Crippen LogP contribution in [0.15, 0.2) is 48.5 Å². The number of rotatable bonds is 6. The minimum absolute atomic E-state index is 0.113. The fourth-order valence-electron chi connectivity index (χ4n) is 3.96. The number of nitrogens with one attached hydrogen (secondary N) is 1. The van der Waals surface area contributed by atoms with Crippen molar-refractivity contribution in [3.05, 3.63) is 54.1 Å². The van der Waals surface area contributed by atoms with Gasteiger partial charge in [-0.2, -0.15) is 0 Å². The summed E-state index contributed by atoms with van der Waals surface area (Å²) in [5.74, 6) is 0.650. The maximum Gasteiger partial charge on any atom is 0.255 e. The summed E-state index contributed by atoms with van der Waals surface area (Å²) in [5.41, 5.74) is 2.66. The molecule has 0 spiro atoms. The van der Waals surface area contributed by atoms with E-state index in [1.54, 1.807) is 12.1 Å². The van der Waals surface area contributed by atoms with Gasteiger partial charge in [0.1, 0.15) is 12.4 Å². The summed E-state index contributed by atoms with van der Waals surface area (Å²) in [6.45, 7) is 3.63. The highest BCUT2D eigenvalue weighted by Crippen LogP contribution is 2.22. The van der Waals surface area contributed by atoms with Crippen LogP contribution in [0.4, 0.5) is 11.4 Å². The van der Waals surface area contributed by atoms with Gasteiger partial charge in [0.2, 0.25) is 0 Å². The first kappa shape index (κ1) is 19.8. The number of carbonyl (C=O) groups is 1. The van der Waals surface area contributed by atoms with Crippen LogP contribution in [0, 0.1) is 0 Å². The Hall–Kier alpha value is -2.53. The summed E-state index contributed by atoms with van der Waals surface area (Å²) in [6, 6.07) is 15.4. The Bertz CT molecular complexity index is 775. The van der Waals surface area contributed by atoms with Crippen LogP contribution in [0.1, 0.15) is 48.9 Å². The van der Waals surface area contributed by atoms with Crippen molar-refractivity contribution < 1.29 is 14.3 Å². The van der Waals surface area contributed by atoms with Crippen LogP contribution in [0.2, 0.25) is 0 Å². The number of nitrogens with zero attached hydrogens (tertiary/aromatic N) is 1. The van der Waals surface area contributed by atoms with Gasteiger partial charge >= 0.3 is 0 Å². The zero-order valence-corrected chi connectivity index (χ0v) is 16.9. The zero-order valence-electron chi connectivity index (χ0n) is 16.9. The van der Waals surface area contributed by atoms with Crippen molar-refractivity contribution >= 4 is 17.3 Å². The van der Waals surface area contributed by atoms with Crippen LogP contribution in [0.5, 0.6) is 5.75 Å². The molecule has 2 fully saturated rings. The lowest BCUT2D eigenvalue weighted by Gasteiger charge is -2.22. The number of hydrogen-bond donors (Lipinski definition) is 1. The molecule has 154 valence electrons. The first-order valence-corrected chi connectivity index (χ1v) is 10.8. The number of ether oxygens (including phenoxy) is 2. The Morgan fingerprint density at radius 1 is 0.966 bits per heavy atom. The van der Waals surface area contributed by atoms with Crippen LogP contribution in [-0.2, 0) is 4.74 Å². The molecule has 5 heteroatoms. The van der Waals surface area contributed by atoms with Gasteiger partial charge in [0.15, 0.2) is 0 Å². The molecule has 2 aromatic rings. The molecule has 29 heavy (non-hydrogen) atoms. The molecule has 0 aliphatic carbocycles. The lowest BCUT2D eigenvalue weighted by atomic mass is 10.2. The van der Waals surface area contributed by atoms with Gasteiger partial charge < -0.3 is 19.7 Å². The van der Waals surface area contributed by atoms with E-state index in [0.717, 1.165) is 44.0 Å². The second-order valence-electron chi connectivity index (χ2n) is 7.87. The summed E-state index contributed by atoms with van der Waals surface area (Å²) in [6.07, 6.45) is 7.50. The molecule has 1 atom stereocenters. The summed E-state index contributed by atoms with van der Waals surface area (Å²) in [4.78, 5) is 15.0. The molecule has 0 bridgehead atoms. The minimum atomic E-state index is -0.113. The fourth-order valence-corrected chi connectivity index (χ4v) is 3.96. The van der Waals surface area contributed by atoms with Crippen LogP contribution in [0.25, 0.3) is 0 Å². The largest absolute Gasteiger partial charge is 0.491 e. The van der Waals surface area contributed by atoms with E-state index in [-0.39, 0.29) is 12.0 Å². The normalized spacial score (nSPS) is 19.6. The molecule has 2 saturated heterocycles. The molecule has 2 aromatic carbocycles. The molecule has 1 N–H and O–H groups in total. The van der Waals surface area contributed by atoms with Gasteiger partial charge in [-0.15, -0.1) is 0 Å². The summed E-state index contributed by atoms with van der Waals surface area (Å²) < 4.78 is 11.3. The molecule has 2 heterocycles. The van der Waals surface area contributed by atoms with E-state index in [4.69, 9.17) is 9.47 Å². The topological polar surface area (TPSA) is 50.8 Å². The maximum absolute atomic E-state index is 12.5. The smallest absolute Gasteiger partial charge is 0.255 e. The predicted octanol–water partition coefficient (Wildman–Crippen LogP) is 4.88. The standard InChI is InChI=1S/C24H30N2O3/c27-24(19-7-13-22(14-8-19)29-18-23-6-5-17-28-23)25-20-9-11-21(12-10-20)26-15-3-1-2-4-16-26/h7-14,23H,1-6,15-18H2,(H,25,27)/t23-/m1/s1. The van der Waals surface area contributed by atoms with Gasteiger partial charge in [0.25, 0.3) is 5.91 Å². The van der Waals surface area contributed by atoms with Crippen LogP contribution in [-0.4, -0.2) is 38.3 Å². The highest BCUT2D eigenvalue weighted by atomic mass is 16.5. The first-order valence-electron chi connectivity index (χ1n) is 10.8. The van der Waals surface area contributed by atoms with E-state index < -0.39 is 0 Å². The fraction of sp³-hybridized carbons (Fsp3) is 0.458. The molecule has 2 aliphatic rings. The van der Waals surface area contributed by atoms with Gasteiger partial charge in [0, 0.05) is 36.6 Å². The van der Waals surface area contributed by atoms with Crippen molar-refractivity contribution in [3.63, 3.8) is 0 Å². The number of carbonyl (C=O) groups excluding carboxylic acids is 1. The van der Waals surface area contributed by atoms with E-state index in [1.165, 1.54) is 31.4 Å². The molecule has 0 saturated carbocycles. The summed E-state index contributed by atoms with van der Waals surface area (Å²) >= 11 is 0. The van der Waals surface area contributed by atoms with Gasteiger partial charge in [-0.25, -0.2) is 0 Å². The summed E-state index contributed by atoms with van der Waals surface area (Å²) in [5, 5.41) is 2.98. The van der Waals surface area contributed by atoms with Crippen molar-refractivity contribution in [2.75, 3.05) is 36.5 Å².